The van der Waals surface area contributed by atoms with Crippen molar-refractivity contribution in [3.8, 4) is 0 Å². The average molecular weight is 253 g/mol. The number of nitrogens with one attached hydrogen (secondary N) is 1. The van der Waals surface area contributed by atoms with E-state index < -0.39 is 11.9 Å². The molecule has 2 N–H and O–H groups in total. The number of furan rings is 1. The first-order chi connectivity index (χ1) is 8.24. The van der Waals surface area contributed by atoms with Gasteiger partial charge in [0.15, 0.2) is 5.76 Å². The van der Waals surface area contributed by atoms with Crippen LogP contribution in [0, 0.1) is 11.3 Å². The molecule has 5 heteroatoms. The normalized spacial score (nSPS) is 11.6. The molecule has 100 valence electrons. The Balaban J connectivity index is 2.63. The molecule has 1 amide bonds. The summed E-state index contributed by atoms with van der Waals surface area (Å²) in [5.41, 5.74) is -0.0546. The van der Waals surface area contributed by atoms with E-state index in [2.05, 4.69) is 33.0 Å². The minimum atomic E-state index is -1.11. The summed E-state index contributed by atoms with van der Waals surface area (Å²) < 4.78 is 4.92. The Hall–Kier alpha value is -1.78. The number of carbonyl (C=O) groups excluding carboxylic acids is 1. The van der Waals surface area contributed by atoms with Crippen molar-refractivity contribution in [3.05, 3.63) is 23.7 Å². The van der Waals surface area contributed by atoms with Crippen LogP contribution in [0.2, 0.25) is 0 Å². The zero-order valence-electron chi connectivity index (χ0n) is 11.1. The van der Waals surface area contributed by atoms with E-state index >= 15 is 0 Å². The van der Waals surface area contributed by atoms with Crippen LogP contribution in [0.4, 0.5) is 0 Å². The summed E-state index contributed by atoms with van der Waals surface area (Å²) in [5, 5.41) is 11.5. The predicted molar refractivity (Wildman–Crippen MR) is 66.6 cm³/mol. The fourth-order valence-electron chi connectivity index (χ4n) is 1.17. The molecule has 0 saturated heterocycles. The van der Waals surface area contributed by atoms with Crippen molar-refractivity contribution < 1.29 is 19.1 Å². The van der Waals surface area contributed by atoms with Gasteiger partial charge in [0.05, 0.1) is 5.56 Å². The van der Waals surface area contributed by atoms with Crippen molar-refractivity contribution in [3.63, 3.8) is 0 Å². The molecule has 0 bridgehead atoms. The highest BCUT2D eigenvalue weighted by Gasteiger charge is 2.24. The third kappa shape index (κ3) is 3.35. The van der Waals surface area contributed by atoms with Gasteiger partial charge in [0.2, 0.25) is 0 Å². The van der Waals surface area contributed by atoms with Gasteiger partial charge in [-0.3, -0.25) is 4.79 Å². The monoisotopic (exact) mass is 253 g/mol. The van der Waals surface area contributed by atoms with Gasteiger partial charge in [0.25, 0.3) is 5.91 Å². The summed E-state index contributed by atoms with van der Waals surface area (Å²) in [6, 6.07) is 1.22. The van der Waals surface area contributed by atoms with Crippen molar-refractivity contribution in [2.75, 3.05) is 6.54 Å². The number of rotatable bonds is 5. The molecule has 1 aromatic rings. The second-order valence-electron chi connectivity index (χ2n) is 5.33. The smallest absolute Gasteiger partial charge is 0.338 e. The Morgan fingerprint density at radius 1 is 1.44 bits per heavy atom. The molecule has 0 aliphatic heterocycles. The zero-order chi connectivity index (χ0) is 13.9. The maximum absolute atomic E-state index is 11.8. The number of hydrogen-bond acceptors (Lipinski definition) is 3. The number of aromatic carboxylic acids is 1. The van der Waals surface area contributed by atoms with Gasteiger partial charge < -0.3 is 14.8 Å². The van der Waals surface area contributed by atoms with Crippen LogP contribution < -0.4 is 5.32 Å². The largest absolute Gasteiger partial charge is 0.478 e. The van der Waals surface area contributed by atoms with E-state index in [1.807, 2.05) is 0 Å². The first-order valence-corrected chi connectivity index (χ1v) is 5.84. The van der Waals surface area contributed by atoms with Gasteiger partial charge in [-0.2, -0.15) is 0 Å². The van der Waals surface area contributed by atoms with Crippen molar-refractivity contribution >= 4 is 11.9 Å². The second kappa shape index (κ2) is 5.25. The molecule has 0 atom stereocenters. The third-order valence-corrected chi connectivity index (χ3v) is 3.34. The molecule has 0 aliphatic rings. The van der Waals surface area contributed by atoms with Crippen LogP contribution in [-0.2, 0) is 0 Å². The number of hydrogen-bond donors (Lipinski definition) is 2. The van der Waals surface area contributed by atoms with Gasteiger partial charge in [-0.1, -0.05) is 27.7 Å². The molecule has 1 heterocycles. The highest BCUT2D eigenvalue weighted by molar-refractivity contribution is 5.95. The second-order valence-corrected chi connectivity index (χ2v) is 5.33. The van der Waals surface area contributed by atoms with E-state index in [4.69, 9.17) is 9.52 Å². The Morgan fingerprint density at radius 2 is 2.06 bits per heavy atom. The highest BCUT2D eigenvalue weighted by atomic mass is 16.4. The topological polar surface area (TPSA) is 79.5 Å². The fraction of sp³-hybridized carbons (Fsp3) is 0.538. The highest BCUT2D eigenvalue weighted by Crippen LogP contribution is 2.24. The summed E-state index contributed by atoms with van der Waals surface area (Å²) >= 11 is 0. The molecule has 1 rings (SSSR count). The zero-order valence-corrected chi connectivity index (χ0v) is 11.1. The van der Waals surface area contributed by atoms with E-state index in [1.54, 1.807) is 0 Å². The lowest BCUT2D eigenvalue weighted by molar-refractivity contribution is 0.0695. The van der Waals surface area contributed by atoms with Crippen LogP contribution >= 0.6 is 0 Å². The molecule has 5 nitrogen and oxygen atoms in total. The van der Waals surface area contributed by atoms with Gasteiger partial charge in [-0.05, 0) is 11.3 Å². The molecule has 0 aliphatic carbocycles. The Bertz CT molecular complexity index is 446. The van der Waals surface area contributed by atoms with Crippen molar-refractivity contribution in [1.29, 1.82) is 0 Å². The molecule has 0 fully saturated rings. The number of carboxylic acids is 1. The van der Waals surface area contributed by atoms with Crippen LogP contribution in [0.1, 0.15) is 48.6 Å². The SMILES string of the molecule is CC(C)C(C)(C)CNC(=O)c1cc(C(=O)O)co1. The van der Waals surface area contributed by atoms with Crippen molar-refractivity contribution in [2.45, 2.75) is 27.7 Å². The molecule has 18 heavy (non-hydrogen) atoms. The van der Waals surface area contributed by atoms with Crippen LogP contribution in [0.3, 0.4) is 0 Å². The van der Waals surface area contributed by atoms with Crippen molar-refractivity contribution in [1.82, 2.24) is 5.32 Å². The van der Waals surface area contributed by atoms with Crippen LogP contribution in [0.5, 0.6) is 0 Å². The maximum Gasteiger partial charge on any atom is 0.338 e. The summed E-state index contributed by atoms with van der Waals surface area (Å²) in [6.07, 6.45) is 1.06. The first-order valence-electron chi connectivity index (χ1n) is 5.84. The minimum Gasteiger partial charge on any atom is -0.478 e. The van der Waals surface area contributed by atoms with E-state index in [9.17, 15) is 9.59 Å². The Labute approximate surface area is 106 Å². The molecule has 0 radical (unpaired) electrons. The van der Waals surface area contributed by atoms with E-state index in [1.165, 1.54) is 6.07 Å². The molecular formula is C13H19NO4. The lowest BCUT2D eigenvalue weighted by atomic mass is 9.81. The maximum atomic E-state index is 11.8. The quantitative estimate of drug-likeness (QED) is 0.844. The van der Waals surface area contributed by atoms with Crippen LogP contribution in [-0.4, -0.2) is 23.5 Å². The summed E-state index contributed by atoms with van der Waals surface area (Å²) in [6.45, 7) is 8.79. The molecule has 0 aromatic carbocycles. The number of amides is 1. The Morgan fingerprint density at radius 3 is 2.50 bits per heavy atom. The third-order valence-electron chi connectivity index (χ3n) is 3.34. The molecule has 0 spiro atoms. The van der Waals surface area contributed by atoms with E-state index in [0.717, 1.165) is 6.26 Å². The molecule has 1 aromatic heterocycles. The average Bonchev–Trinajstić information content (AvgIpc) is 2.75. The molecule has 0 unspecified atom stereocenters. The summed E-state index contributed by atoms with van der Waals surface area (Å²) in [5.74, 6) is -1.06. The van der Waals surface area contributed by atoms with Gasteiger partial charge in [0, 0.05) is 12.6 Å². The lowest BCUT2D eigenvalue weighted by Gasteiger charge is -2.29. The van der Waals surface area contributed by atoms with E-state index in [0.29, 0.717) is 12.5 Å². The van der Waals surface area contributed by atoms with Gasteiger partial charge in [0.1, 0.15) is 6.26 Å². The predicted octanol–water partition coefficient (Wildman–Crippen LogP) is 2.39. The summed E-state index contributed by atoms with van der Waals surface area (Å²) in [4.78, 5) is 22.4. The van der Waals surface area contributed by atoms with Gasteiger partial charge >= 0.3 is 5.97 Å². The molecular weight excluding hydrogens is 234 g/mol. The molecule has 0 saturated carbocycles. The van der Waals surface area contributed by atoms with Crippen molar-refractivity contribution in [2.24, 2.45) is 11.3 Å². The minimum absolute atomic E-state index is 0.0203. The van der Waals surface area contributed by atoms with E-state index in [-0.39, 0.29) is 16.7 Å². The van der Waals surface area contributed by atoms with Gasteiger partial charge in [-0.25, -0.2) is 4.79 Å². The van der Waals surface area contributed by atoms with Crippen LogP contribution in [0.25, 0.3) is 0 Å². The standard InChI is InChI=1S/C13H19NO4/c1-8(2)13(3,4)7-14-11(15)10-5-9(6-18-10)12(16)17/h5-6,8H,7H2,1-4H3,(H,14,15)(H,16,17). The Kier molecular flexibility index (Phi) is 4.16. The van der Waals surface area contributed by atoms with Crippen LogP contribution in [0.15, 0.2) is 16.7 Å². The first kappa shape index (κ1) is 14.3. The summed E-state index contributed by atoms with van der Waals surface area (Å²) in [7, 11) is 0. The van der Waals surface area contributed by atoms with Gasteiger partial charge in [-0.15, -0.1) is 0 Å². The lowest BCUT2D eigenvalue weighted by Crippen LogP contribution is -2.36. The number of carboxylic acid groups (broad SMARTS) is 1. The number of carbonyl (C=O) groups is 2. The fourth-order valence-corrected chi connectivity index (χ4v) is 1.17.